The highest BCUT2D eigenvalue weighted by molar-refractivity contribution is 5.98. The third kappa shape index (κ3) is 2.16. The van der Waals surface area contributed by atoms with E-state index >= 15 is 0 Å². The van der Waals surface area contributed by atoms with Crippen LogP contribution in [0.3, 0.4) is 0 Å². The molecular formula is C14H17N3O3. The molecule has 2 aliphatic rings. The van der Waals surface area contributed by atoms with Crippen LogP contribution in [0.4, 0.5) is 5.69 Å². The maximum Gasteiger partial charge on any atom is 0.269 e. The number of hydrogen-bond donors (Lipinski definition) is 0. The van der Waals surface area contributed by atoms with Crippen LogP contribution in [0, 0.1) is 10.1 Å². The minimum Gasteiger partial charge on any atom is -0.331 e. The summed E-state index contributed by atoms with van der Waals surface area (Å²) < 4.78 is 0. The Morgan fingerprint density at radius 3 is 2.65 bits per heavy atom. The number of carbonyl (C=O) groups is 1. The van der Waals surface area contributed by atoms with Crippen LogP contribution in [0.2, 0.25) is 0 Å². The van der Waals surface area contributed by atoms with Gasteiger partial charge in [0.1, 0.15) is 0 Å². The largest absolute Gasteiger partial charge is 0.331 e. The van der Waals surface area contributed by atoms with Crippen molar-refractivity contribution in [2.45, 2.75) is 25.4 Å². The Kier molecular flexibility index (Phi) is 3.17. The van der Waals surface area contributed by atoms with E-state index in [1.165, 1.54) is 12.1 Å². The second kappa shape index (κ2) is 4.86. The summed E-state index contributed by atoms with van der Waals surface area (Å²) in [6.07, 6.45) is 1.94. The minimum absolute atomic E-state index is 0.0180. The van der Waals surface area contributed by atoms with Crippen LogP contribution in [0.5, 0.6) is 0 Å². The van der Waals surface area contributed by atoms with Crippen LogP contribution in [0.25, 0.3) is 0 Å². The zero-order chi connectivity index (χ0) is 14.3. The van der Waals surface area contributed by atoms with Crippen LogP contribution in [-0.2, 0) is 6.54 Å². The number of rotatable bonds is 2. The molecule has 6 nitrogen and oxygen atoms in total. The molecule has 1 aromatic carbocycles. The highest BCUT2D eigenvalue weighted by Crippen LogP contribution is 2.30. The highest BCUT2D eigenvalue weighted by Gasteiger charge is 2.34. The molecule has 20 heavy (non-hydrogen) atoms. The number of hydrogen-bond acceptors (Lipinski definition) is 4. The summed E-state index contributed by atoms with van der Waals surface area (Å²) in [7, 11) is 2.08. The van der Waals surface area contributed by atoms with Gasteiger partial charge >= 0.3 is 0 Å². The van der Waals surface area contributed by atoms with Crippen molar-refractivity contribution in [2.24, 2.45) is 0 Å². The number of piperidine rings is 1. The lowest BCUT2D eigenvalue weighted by Gasteiger charge is -2.34. The molecule has 1 saturated heterocycles. The van der Waals surface area contributed by atoms with E-state index in [4.69, 9.17) is 0 Å². The molecule has 0 atom stereocenters. The Hall–Kier alpha value is -1.95. The van der Waals surface area contributed by atoms with E-state index < -0.39 is 4.92 Å². The zero-order valence-electron chi connectivity index (χ0n) is 11.4. The standard InChI is InChI=1S/C14H17N3O3/c1-15-6-4-11(5-7-15)16-9-10-8-12(17(19)20)2-3-13(10)14(16)18/h2-3,8,11H,4-7,9H2,1H3. The molecule has 0 N–H and O–H groups in total. The van der Waals surface area contributed by atoms with Gasteiger partial charge in [0.15, 0.2) is 0 Å². The quantitative estimate of drug-likeness (QED) is 0.608. The molecule has 6 heteroatoms. The van der Waals surface area contributed by atoms with Gasteiger partial charge in [0, 0.05) is 30.3 Å². The highest BCUT2D eigenvalue weighted by atomic mass is 16.6. The van der Waals surface area contributed by atoms with Gasteiger partial charge in [0.2, 0.25) is 0 Å². The van der Waals surface area contributed by atoms with Crippen molar-refractivity contribution in [3.8, 4) is 0 Å². The molecule has 0 spiro atoms. The molecule has 0 radical (unpaired) electrons. The average molecular weight is 275 g/mol. The zero-order valence-corrected chi connectivity index (χ0v) is 11.4. The van der Waals surface area contributed by atoms with Gasteiger partial charge in [0.05, 0.1) is 4.92 Å². The molecular weight excluding hydrogens is 258 g/mol. The molecule has 0 unspecified atom stereocenters. The molecule has 3 rings (SSSR count). The summed E-state index contributed by atoms with van der Waals surface area (Å²) in [5.41, 5.74) is 1.46. The van der Waals surface area contributed by atoms with E-state index in [-0.39, 0.29) is 17.6 Å². The van der Waals surface area contributed by atoms with E-state index in [0.29, 0.717) is 12.1 Å². The first kappa shape index (κ1) is 13.1. The van der Waals surface area contributed by atoms with Gasteiger partial charge < -0.3 is 9.80 Å². The van der Waals surface area contributed by atoms with E-state index in [1.54, 1.807) is 6.07 Å². The Labute approximate surface area is 117 Å². The number of nitro benzene ring substituents is 1. The Balaban J connectivity index is 1.81. The molecule has 0 aromatic heterocycles. The Morgan fingerprint density at radius 2 is 2.00 bits per heavy atom. The monoisotopic (exact) mass is 275 g/mol. The average Bonchev–Trinajstić information content (AvgIpc) is 2.76. The number of amides is 1. The van der Waals surface area contributed by atoms with E-state index in [9.17, 15) is 14.9 Å². The SMILES string of the molecule is CN1CCC(N2Cc3cc([N+](=O)[O-])ccc3C2=O)CC1. The molecule has 0 aliphatic carbocycles. The van der Waals surface area contributed by atoms with Crippen molar-refractivity contribution in [3.05, 3.63) is 39.4 Å². The fraction of sp³-hybridized carbons (Fsp3) is 0.500. The minimum atomic E-state index is -0.414. The maximum atomic E-state index is 12.4. The molecule has 0 saturated carbocycles. The fourth-order valence-corrected chi connectivity index (χ4v) is 3.04. The smallest absolute Gasteiger partial charge is 0.269 e. The topological polar surface area (TPSA) is 66.7 Å². The van der Waals surface area contributed by atoms with Gasteiger partial charge in [-0.05, 0) is 44.6 Å². The summed E-state index contributed by atoms with van der Waals surface area (Å²) in [5.74, 6) is 0.0180. The molecule has 2 aliphatic heterocycles. The van der Waals surface area contributed by atoms with Crippen molar-refractivity contribution >= 4 is 11.6 Å². The first-order valence-corrected chi connectivity index (χ1v) is 6.83. The van der Waals surface area contributed by atoms with E-state index in [2.05, 4.69) is 11.9 Å². The summed E-state index contributed by atoms with van der Waals surface area (Å²) in [6.45, 7) is 2.49. The lowest BCUT2D eigenvalue weighted by atomic mass is 10.0. The van der Waals surface area contributed by atoms with Gasteiger partial charge in [-0.3, -0.25) is 14.9 Å². The first-order chi connectivity index (χ1) is 9.56. The van der Waals surface area contributed by atoms with Gasteiger partial charge in [-0.25, -0.2) is 0 Å². The van der Waals surface area contributed by atoms with Crippen molar-refractivity contribution in [2.75, 3.05) is 20.1 Å². The van der Waals surface area contributed by atoms with Gasteiger partial charge in [-0.1, -0.05) is 0 Å². The normalized spacial score (nSPS) is 20.2. The lowest BCUT2D eigenvalue weighted by Crippen LogP contribution is -2.43. The number of non-ortho nitro benzene ring substituents is 1. The molecule has 2 heterocycles. The summed E-state index contributed by atoms with van der Waals surface area (Å²) in [5, 5.41) is 10.8. The van der Waals surface area contributed by atoms with Crippen molar-refractivity contribution in [3.63, 3.8) is 0 Å². The van der Waals surface area contributed by atoms with Crippen LogP contribution >= 0.6 is 0 Å². The van der Waals surface area contributed by atoms with Gasteiger partial charge in [0.25, 0.3) is 11.6 Å². The van der Waals surface area contributed by atoms with Crippen molar-refractivity contribution in [1.82, 2.24) is 9.80 Å². The summed E-state index contributed by atoms with van der Waals surface area (Å²) in [6, 6.07) is 4.78. The van der Waals surface area contributed by atoms with Crippen molar-refractivity contribution in [1.29, 1.82) is 0 Å². The molecule has 106 valence electrons. The Bertz CT molecular complexity index is 565. The molecule has 0 bridgehead atoms. The van der Waals surface area contributed by atoms with Crippen LogP contribution < -0.4 is 0 Å². The second-order valence-corrected chi connectivity index (χ2v) is 5.57. The van der Waals surface area contributed by atoms with E-state index in [0.717, 1.165) is 31.5 Å². The number of likely N-dealkylation sites (tertiary alicyclic amines) is 1. The predicted octanol–water partition coefficient (Wildman–Crippen LogP) is 1.64. The lowest BCUT2D eigenvalue weighted by molar-refractivity contribution is -0.384. The number of nitro groups is 1. The number of carbonyl (C=O) groups excluding carboxylic acids is 1. The molecule has 1 amide bonds. The summed E-state index contributed by atoms with van der Waals surface area (Å²) in [4.78, 5) is 26.9. The fourth-order valence-electron chi connectivity index (χ4n) is 3.04. The van der Waals surface area contributed by atoms with Crippen LogP contribution in [0.15, 0.2) is 18.2 Å². The van der Waals surface area contributed by atoms with Crippen molar-refractivity contribution < 1.29 is 9.72 Å². The summed E-state index contributed by atoms with van der Waals surface area (Å²) >= 11 is 0. The third-order valence-corrected chi connectivity index (χ3v) is 4.26. The number of benzene rings is 1. The maximum absolute atomic E-state index is 12.4. The predicted molar refractivity (Wildman–Crippen MR) is 73.5 cm³/mol. The molecule has 1 aromatic rings. The van der Waals surface area contributed by atoms with Crippen LogP contribution in [0.1, 0.15) is 28.8 Å². The molecule has 1 fully saturated rings. The van der Waals surface area contributed by atoms with E-state index in [1.807, 2.05) is 4.90 Å². The number of nitrogens with zero attached hydrogens (tertiary/aromatic N) is 3. The third-order valence-electron chi connectivity index (χ3n) is 4.26. The van der Waals surface area contributed by atoms with Gasteiger partial charge in [-0.2, -0.15) is 0 Å². The Morgan fingerprint density at radius 1 is 1.30 bits per heavy atom. The number of fused-ring (bicyclic) bond motifs is 1. The van der Waals surface area contributed by atoms with Crippen LogP contribution in [-0.4, -0.2) is 46.8 Å². The van der Waals surface area contributed by atoms with Gasteiger partial charge in [-0.15, -0.1) is 0 Å². The second-order valence-electron chi connectivity index (χ2n) is 5.57. The first-order valence-electron chi connectivity index (χ1n) is 6.83.